The Labute approximate surface area is 89.4 Å². The number of nitrogens with zero attached hydrogens (tertiary/aromatic N) is 1. The Morgan fingerprint density at radius 3 is 2.67 bits per heavy atom. The fourth-order valence-corrected chi connectivity index (χ4v) is 1.42. The lowest BCUT2D eigenvalue weighted by Gasteiger charge is -2.23. The van der Waals surface area contributed by atoms with E-state index in [2.05, 4.69) is 5.32 Å². The number of rotatable bonds is 3. The van der Waals surface area contributed by atoms with E-state index in [0.717, 1.165) is 18.4 Å². The van der Waals surface area contributed by atoms with E-state index in [0.29, 0.717) is 6.61 Å². The predicted octanol–water partition coefficient (Wildman–Crippen LogP) is 2.48. The average molecular weight is 204 g/mol. The first-order valence-corrected chi connectivity index (χ1v) is 5.26. The summed E-state index contributed by atoms with van der Waals surface area (Å²) in [7, 11) is 0. The van der Waals surface area contributed by atoms with Crippen LogP contribution in [0.25, 0.3) is 0 Å². The van der Waals surface area contributed by atoms with E-state index in [9.17, 15) is 4.79 Å². The minimum Gasteiger partial charge on any atom is -0.443 e. The number of hydrogen-bond acceptors (Lipinski definition) is 2. The van der Waals surface area contributed by atoms with E-state index in [1.54, 1.807) is 0 Å². The molecule has 0 saturated heterocycles. The van der Waals surface area contributed by atoms with Gasteiger partial charge in [0.15, 0.2) is 0 Å². The van der Waals surface area contributed by atoms with Crippen LogP contribution < -0.4 is 5.32 Å². The van der Waals surface area contributed by atoms with Crippen LogP contribution in [0.3, 0.4) is 0 Å². The third-order valence-electron chi connectivity index (χ3n) is 2.57. The van der Waals surface area contributed by atoms with Crippen molar-refractivity contribution in [3.05, 3.63) is 35.9 Å². The molecule has 0 atom stereocenters. The molecule has 0 bridgehead atoms. The normalized spacial score (nSPS) is 15.5. The second-order valence-corrected chi connectivity index (χ2v) is 3.75. The molecule has 1 radical (unpaired) electrons. The zero-order valence-electron chi connectivity index (χ0n) is 8.56. The van der Waals surface area contributed by atoms with E-state index >= 15 is 0 Å². The van der Waals surface area contributed by atoms with Crippen LogP contribution in [0, 0.1) is 0 Å². The van der Waals surface area contributed by atoms with Crippen molar-refractivity contribution < 1.29 is 9.53 Å². The van der Waals surface area contributed by atoms with Crippen molar-refractivity contribution >= 4 is 6.09 Å². The van der Waals surface area contributed by atoms with Gasteiger partial charge in [0.2, 0.25) is 0 Å². The van der Waals surface area contributed by atoms with Gasteiger partial charge in [0.25, 0.3) is 0 Å². The number of hydrogen-bond donors (Lipinski definition) is 0. The zero-order chi connectivity index (χ0) is 10.5. The number of carbonyl (C=O) groups is 1. The Bertz CT molecular complexity index is 320. The second kappa shape index (κ2) is 4.82. The monoisotopic (exact) mass is 204 g/mol. The molecule has 1 amide bonds. The molecule has 0 heterocycles. The van der Waals surface area contributed by atoms with Crippen molar-refractivity contribution in [1.29, 1.82) is 0 Å². The van der Waals surface area contributed by atoms with E-state index in [1.165, 1.54) is 6.42 Å². The van der Waals surface area contributed by atoms with Crippen LogP contribution in [0.5, 0.6) is 0 Å². The SMILES string of the molecule is O=C([N]C1CCC1)OCc1ccccc1. The van der Waals surface area contributed by atoms with Gasteiger partial charge in [0.05, 0.1) is 6.04 Å². The van der Waals surface area contributed by atoms with E-state index in [-0.39, 0.29) is 6.04 Å². The molecule has 2 rings (SSSR count). The maximum atomic E-state index is 11.2. The standard InChI is InChI=1S/C12H14NO2/c14-12(13-11-7-4-8-11)15-9-10-5-2-1-3-6-10/h1-3,5-6,11H,4,7-9H2. The topological polar surface area (TPSA) is 40.4 Å². The zero-order valence-corrected chi connectivity index (χ0v) is 8.56. The summed E-state index contributed by atoms with van der Waals surface area (Å²) in [4.78, 5) is 11.2. The summed E-state index contributed by atoms with van der Waals surface area (Å²) in [5.41, 5.74) is 0.995. The molecule has 3 heteroatoms. The first kappa shape index (κ1) is 10.0. The molecule has 1 aliphatic carbocycles. The van der Waals surface area contributed by atoms with Gasteiger partial charge in [-0.1, -0.05) is 30.3 Å². The Morgan fingerprint density at radius 1 is 1.33 bits per heavy atom. The van der Waals surface area contributed by atoms with Gasteiger partial charge >= 0.3 is 6.09 Å². The van der Waals surface area contributed by atoms with Crippen LogP contribution in [0.4, 0.5) is 4.79 Å². The fraction of sp³-hybridized carbons (Fsp3) is 0.417. The van der Waals surface area contributed by atoms with Gasteiger partial charge in [-0.25, -0.2) is 10.1 Å². The summed E-state index contributed by atoms with van der Waals surface area (Å²) < 4.78 is 5.03. The Kier molecular flexibility index (Phi) is 3.22. The molecule has 0 aromatic heterocycles. The Morgan fingerprint density at radius 2 is 2.07 bits per heavy atom. The van der Waals surface area contributed by atoms with Crippen molar-refractivity contribution in [2.75, 3.05) is 0 Å². The lowest BCUT2D eigenvalue weighted by Crippen LogP contribution is -2.33. The molecule has 0 N–H and O–H groups in total. The molecular formula is C12H14NO2. The molecule has 1 aromatic carbocycles. The van der Waals surface area contributed by atoms with Gasteiger partial charge in [-0.2, -0.15) is 0 Å². The fourth-order valence-electron chi connectivity index (χ4n) is 1.42. The van der Waals surface area contributed by atoms with Crippen molar-refractivity contribution in [3.63, 3.8) is 0 Å². The van der Waals surface area contributed by atoms with E-state index < -0.39 is 6.09 Å². The van der Waals surface area contributed by atoms with Gasteiger partial charge in [-0.05, 0) is 24.8 Å². The molecule has 1 aromatic rings. The first-order chi connectivity index (χ1) is 7.34. The van der Waals surface area contributed by atoms with Crippen molar-refractivity contribution in [1.82, 2.24) is 5.32 Å². The van der Waals surface area contributed by atoms with Crippen LogP contribution in [-0.2, 0) is 11.3 Å². The van der Waals surface area contributed by atoms with Crippen LogP contribution in [0.15, 0.2) is 30.3 Å². The smallest absolute Gasteiger partial charge is 0.429 e. The maximum absolute atomic E-state index is 11.2. The average Bonchev–Trinajstić information content (AvgIpc) is 2.22. The number of benzene rings is 1. The highest BCUT2D eigenvalue weighted by Crippen LogP contribution is 2.19. The third kappa shape index (κ3) is 2.98. The molecule has 1 fully saturated rings. The largest absolute Gasteiger partial charge is 0.443 e. The molecule has 0 unspecified atom stereocenters. The number of amides is 1. The molecule has 3 nitrogen and oxygen atoms in total. The summed E-state index contributed by atoms with van der Waals surface area (Å²) in [5.74, 6) is 0. The van der Waals surface area contributed by atoms with Gasteiger partial charge in [-0.3, -0.25) is 0 Å². The lowest BCUT2D eigenvalue weighted by molar-refractivity contribution is 0.128. The summed E-state index contributed by atoms with van der Waals surface area (Å²) in [6.45, 7) is 0.315. The summed E-state index contributed by atoms with van der Waals surface area (Å²) >= 11 is 0. The summed E-state index contributed by atoms with van der Waals surface area (Å²) in [5, 5.41) is 3.94. The molecule has 0 spiro atoms. The molecular weight excluding hydrogens is 190 g/mol. The third-order valence-corrected chi connectivity index (χ3v) is 2.57. The van der Waals surface area contributed by atoms with Crippen LogP contribution >= 0.6 is 0 Å². The van der Waals surface area contributed by atoms with Crippen molar-refractivity contribution in [2.45, 2.75) is 31.9 Å². The van der Waals surface area contributed by atoms with Gasteiger partial charge in [-0.15, -0.1) is 0 Å². The van der Waals surface area contributed by atoms with Gasteiger partial charge in [0, 0.05) is 0 Å². The van der Waals surface area contributed by atoms with E-state index in [1.807, 2.05) is 30.3 Å². The van der Waals surface area contributed by atoms with Gasteiger partial charge in [0.1, 0.15) is 6.61 Å². The molecule has 15 heavy (non-hydrogen) atoms. The quantitative estimate of drug-likeness (QED) is 0.758. The molecule has 79 valence electrons. The molecule has 0 aliphatic heterocycles. The highest BCUT2D eigenvalue weighted by atomic mass is 16.5. The molecule has 1 aliphatic rings. The highest BCUT2D eigenvalue weighted by molar-refractivity contribution is 5.67. The van der Waals surface area contributed by atoms with Crippen molar-refractivity contribution in [3.8, 4) is 0 Å². The first-order valence-electron chi connectivity index (χ1n) is 5.26. The minimum atomic E-state index is -0.427. The predicted molar refractivity (Wildman–Crippen MR) is 56.4 cm³/mol. The Balaban J connectivity index is 1.71. The number of carbonyl (C=O) groups excluding carboxylic acids is 1. The maximum Gasteiger partial charge on any atom is 0.429 e. The highest BCUT2D eigenvalue weighted by Gasteiger charge is 2.22. The minimum absolute atomic E-state index is 0.216. The lowest BCUT2D eigenvalue weighted by atomic mass is 9.93. The molecule has 1 saturated carbocycles. The second-order valence-electron chi connectivity index (χ2n) is 3.75. The van der Waals surface area contributed by atoms with E-state index in [4.69, 9.17) is 4.74 Å². The van der Waals surface area contributed by atoms with Crippen molar-refractivity contribution in [2.24, 2.45) is 0 Å². The van der Waals surface area contributed by atoms with Crippen LogP contribution in [0.1, 0.15) is 24.8 Å². The number of ether oxygens (including phenoxy) is 1. The summed E-state index contributed by atoms with van der Waals surface area (Å²) in [6.07, 6.45) is 2.81. The van der Waals surface area contributed by atoms with Crippen LogP contribution in [0.2, 0.25) is 0 Å². The van der Waals surface area contributed by atoms with Gasteiger partial charge < -0.3 is 4.74 Å². The summed E-state index contributed by atoms with van der Waals surface area (Å²) in [6, 6.07) is 9.85. The Hall–Kier alpha value is -1.51. The van der Waals surface area contributed by atoms with Crippen LogP contribution in [-0.4, -0.2) is 12.1 Å².